The lowest BCUT2D eigenvalue weighted by Crippen LogP contribution is -2.29. The van der Waals surface area contributed by atoms with Gasteiger partial charge in [0, 0.05) is 5.92 Å². The Hall–Kier alpha value is -0.550. The predicted molar refractivity (Wildman–Crippen MR) is 47.2 cm³/mol. The van der Waals surface area contributed by atoms with Crippen LogP contribution in [0.25, 0.3) is 0 Å². The Morgan fingerprint density at radius 3 is 2.09 bits per heavy atom. The van der Waals surface area contributed by atoms with Crippen molar-refractivity contribution >= 4 is 0 Å². The minimum absolute atomic E-state index is 0.334. The first-order chi connectivity index (χ1) is 5.33. The highest BCUT2D eigenvalue weighted by Crippen LogP contribution is 2.13. The highest BCUT2D eigenvalue weighted by molar-refractivity contribution is 4.86. The first-order valence-electron chi connectivity index (χ1n) is 4.41. The molecule has 0 aromatic carbocycles. The average Bonchev–Trinajstić information content (AvgIpc) is 2.10. The largest absolute Gasteiger partial charge is 0.306 e. The Morgan fingerprint density at radius 2 is 1.73 bits per heavy atom. The number of nitrogens with zero attached hydrogens (tertiary/aromatic N) is 2. The van der Waals surface area contributed by atoms with Crippen LogP contribution in [0.3, 0.4) is 0 Å². The summed E-state index contributed by atoms with van der Waals surface area (Å²) in [4.78, 5) is 2.27. The molecule has 2 heteroatoms. The van der Waals surface area contributed by atoms with Crippen LogP contribution in [0.1, 0.15) is 26.7 Å². The van der Waals surface area contributed by atoms with Gasteiger partial charge in [0.15, 0.2) is 0 Å². The molecule has 0 radical (unpaired) electrons. The predicted octanol–water partition coefficient (Wildman–Crippen LogP) is 1.88. The van der Waals surface area contributed by atoms with Gasteiger partial charge in [0.25, 0.3) is 0 Å². The molecule has 1 rings (SSSR count). The van der Waals surface area contributed by atoms with Gasteiger partial charge < -0.3 is 4.90 Å². The molecule has 11 heavy (non-hydrogen) atoms. The molecule has 0 aromatic rings. The third-order valence-electron chi connectivity index (χ3n) is 1.90. The number of rotatable bonds is 0. The summed E-state index contributed by atoms with van der Waals surface area (Å²) in [6.45, 7) is 6.19. The summed E-state index contributed by atoms with van der Waals surface area (Å²) in [6, 6.07) is 2.30. The van der Waals surface area contributed by atoms with E-state index in [4.69, 9.17) is 5.26 Å². The molecule has 1 heterocycles. The minimum Gasteiger partial charge on any atom is -0.306 e. The first kappa shape index (κ1) is 10.4. The molecule has 1 aliphatic rings. The summed E-state index contributed by atoms with van der Waals surface area (Å²) in [5, 5.41) is 8.51. The monoisotopic (exact) mass is 154 g/mol. The Labute approximate surface area is 69.8 Å². The molecular weight excluding hydrogens is 136 g/mol. The van der Waals surface area contributed by atoms with Crippen molar-refractivity contribution in [2.45, 2.75) is 26.7 Å². The summed E-state index contributed by atoms with van der Waals surface area (Å²) >= 11 is 0. The van der Waals surface area contributed by atoms with Crippen molar-refractivity contribution in [1.29, 1.82) is 5.26 Å². The van der Waals surface area contributed by atoms with Gasteiger partial charge in [0.1, 0.15) is 0 Å². The fraction of sp³-hybridized carbons (Fsp3) is 0.889. The van der Waals surface area contributed by atoms with E-state index in [1.54, 1.807) is 0 Å². The van der Waals surface area contributed by atoms with Crippen molar-refractivity contribution in [2.75, 3.05) is 20.1 Å². The van der Waals surface area contributed by atoms with Crippen LogP contribution in [0.15, 0.2) is 0 Å². The first-order valence-corrected chi connectivity index (χ1v) is 4.41. The Bertz CT molecular complexity index is 118. The molecule has 1 saturated heterocycles. The SMILES string of the molecule is CC.CN1CCC(C#N)CC1. The lowest BCUT2D eigenvalue weighted by molar-refractivity contribution is 0.247. The van der Waals surface area contributed by atoms with Gasteiger partial charge in [-0.2, -0.15) is 5.26 Å². The van der Waals surface area contributed by atoms with Crippen molar-refractivity contribution in [3.8, 4) is 6.07 Å². The molecule has 0 spiro atoms. The van der Waals surface area contributed by atoms with E-state index in [-0.39, 0.29) is 0 Å². The van der Waals surface area contributed by atoms with Crippen LogP contribution in [-0.2, 0) is 0 Å². The van der Waals surface area contributed by atoms with Crippen molar-refractivity contribution in [2.24, 2.45) is 5.92 Å². The molecular formula is C9H18N2. The maximum Gasteiger partial charge on any atom is 0.0656 e. The molecule has 0 unspecified atom stereocenters. The zero-order chi connectivity index (χ0) is 8.69. The zero-order valence-corrected chi connectivity index (χ0v) is 7.80. The molecule has 1 fully saturated rings. The van der Waals surface area contributed by atoms with E-state index in [0.717, 1.165) is 25.9 Å². The van der Waals surface area contributed by atoms with Crippen LogP contribution < -0.4 is 0 Å². The van der Waals surface area contributed by atoms with E-state index in [0.29, 0.717) is 5.92 Å². The maximum absolute atomic E-state index is 8.51. The lowest BCUT2D eigenvalue weighted by atomic mass is 9.99. The third kappa shape index (κ3) is 4.00. The number of hydrogen-bond donors (Lipinski definition) is 0. The second-order valence-electron chi connectivity index (χ2n) is 2.71. The molecule has 1 aliphatic heterocycles. The summed E-state index contributed by atoms with van der Waals surface area (Å²) in [7, 11) is 2.10. The average molecular weight is 154 g/mol. The molecule has 0 amide bonds. The quantitative estimate of drug-likeness (QED) is 0.532. The fourth-order valence-corrected chi connectivity index (χ4v) is 1.14. The highest BCUT2D eigenvalue weighted by atomic mass is 15.1. The molecule has 0 atom stereocenters. The lowest BCUT2D eigenvalue weighted by Gasteiger charge is -2.24. The van der Waals surface area contributed by atoms with E-state index in [2.05, 4.69) is 18.0 Å². The normalized spacial score (nSPS) is 19.8. The van der Waals surface area contributed by atoms with Gasteiger partial charge in [-0.25, -0.2) is 0 Å². The van der Waals surface area contributed by atoms with Crippen LogP contribution in [-0.4, -0.2) is 25.0 Å². The molecule has 2 nitrogen and oxygen atoms in total. The molecule has 0 aromatic heterocycles. The molecule has 64 valence electrons. The van der Waals surface area contributed by atoms with Crippen molar-refractivity contribution < 1.29 is 0 Å². The number of piperidine rings is 1. The van der Waals surface area contributed by atoms with Gasteiger partial charge in [-0.1, -0.05) is 13.8 Å². The second kappa shape index (κ2) is 6.18. The minimum atomic E-state index is 0.334. The van der Waals surface area contributed by atoms with Gasteiger partial charge in [-0.3, -0.25) is 0 Å². The number of likely N-dealkylation sites (tertiary alicyclic amines) is 1. The summed E-state index contributed by atoms with van der Waals surface area (Å²) in [5.41, 5.74) is 0. The summed E-state index contributed by atoms with van der Waals surface area (Å²) < 4.78 is 0. The van der Waals surface area contributed by atoms with Crippen molar-refractivity contribution in [3.63, 3.8) is 0 Å². The van der Waals surface area contributed by atoms with Gasteiger partial charge in [0.05, 0.1) is 6.07 Å². The molecule has 0 N–H and O–H groups in total. The van der Waals surface area contributed by atoms with E-state index in [1.807, 2.05) is 13.8 Å². The number of hydrogen-bond acceptors (Lipinski definition) is 2. The molecule has 0 aliphatic carbocycles. The highest BCUT2D eigenvalue weighted by Gasteiger charge is 2.14. The Kier molecular flexibility index (Phi) is 5.87. The van der Waals surface area contributed by atoms with E-state index in [1.165, 1.54) is 0 Å². The summed E-state index contributed by atoms with van der Waals surface area (Å²) in [6.07, 6.45) is 2.12. The van der Waals surface area contributed by atoms with Gasteiger partial charge in [-0.15, -0.1) is 0 Å². The van der Waals surface area contributed by atoms with Crippen molar-refractivity contribution in [3.05, 3.63) is 0 Å². The van der Waals surface area contributed by atoms with Gasteiger partial charge >= 0.3 is 0 Å². The van der Waals surface area contributed by atoms with E-state index in [9.17, 15) is 0 Å². The Morgan fingerprint density at radius 1 is 1.27 bits per heavy atom. The van der Waals surface area contributed by atoms with Crippen molar-refractivity contribution in [1.82, 2.24) is 4.90 Å². The van der Waals surface area contributed by atoms with E-state index >= 15 is 0 Å². The maximum atomic E-state index is 8.51. The second-order valence-corrected chi connectivity index (χ2v) is 2.71. The number of nitriles is 1. The fourth-order valence-electron chi connectivity index (χ4n) is 1.14. The Balaban J connectivity index is 0.000000461. The topological polar surface area (TPSA) is 27.0 Å². The van der Waals surface area contributed by atoms with Crippen LogP contribution in [0.5, 0.6) is 0 Å². The van der Waals surface area contributed by atoms with Crippen LogP contribution >= 0.6 is 0 Å². The summed E-state index contributed by atoms with van der Waals surface area (Å²) in [5.74, 6) is 0.334. The van der Waals surface area contributed by atoms with Crippen LogP contribution in [0.2, 0.25) is 0 Å². The van der Waals surface area contributed by atoms with E-state index < -0.39 is 0 Å². The van der Waals surface area contributed by atoms with Crippen LogP contribution in [0.4, 0.5) is 0 Å². The van der Waals surface area contributed by atoms with Crippen LogP contribution in [0, 0.1) is 17.2 Å². The standard InChI is InChI=1S/C7H12N2.C2H6/c1-9-4-2-7(6-8)3-5-9;1-2/h7H,2-5H2,1H3;1-2H3. The van der Waals surface area contributed by atoms with Gasteiger partial charge in [0.2, 0.25) is 0 Å². The third-order valence-corrected chi connectivity index (χ3v) is 1.90. The zero-order valence-electron chi connectivity index (χ0n) is 7.80. The molecule has 0 bridgehead atoms. The molecule has 0 saturated carbocycles. The smallest absolute Gasteiger partial charge is 0.0656 e. The van der Waals surface area contributed by atoms with Gasteiger partial charge in [-0.05, 0) is 33.0 Å².